The third-order valence-corrected chi connectivity index (χ3v) is 8.77. The fourth-order valence-corrected chi connectivity index (χ4v) is 6.02. The van der Waals surface area contributed by atoms with Crippen molar-refractivity contribution in [3.05, 3.63) is 194 Å². The molecule has 6 rings (SSSR count). The molecule has 6 nitrogen and oxygen atoms in total. The molecule has 0 heterocycles. The Bertz CT molecular complexity index is 1950. The van der Waals surface area contributed by atoms with Crippen LogP contribution >= 0.6 is 0 Å². The Hall–Kier alpha value is -6.66. The fraction of sp³-hybridized carbons (Fsp3) is 0.0870. The summed E-state index contributed by atoms with van der Waals surface area (Å²) in [6.45, 7) is 10.7. The molecule has 0 radical (unpaired) electrons. The molecule has 2 unspecified atom stereocenters. The molecule has 6 heteroatoms. The number of benzene rings is 6. The van der Waals surface area contributed by atoms with Gasteiger partial charge in [0.1, 0.15) is 12.2 Å². The lowest BCUT2D eigenvalue weighted by Crippen LogP contribution is -2.11. The van der Waals surface area contributed by atoms with Crippen molar-refractivity contribution in [2.24, 2.45) is 0 Å². The van der Waals surface area contributed by atoms with Crippen molar-refractivity contribution < 1.29 is 19.1 Å². The van der Waals surface area contributed by atoms with Gasteiger partial charge < -0.3 is 19.3 Å². The molecule has 258 valence electrons. The third kappa shape index (κ3) is 8.20. The van der Waals surface area contributed by atoms with Crippen molar-refractivity contribution >= 4 is 46.1 Å². The summed E-state index contributed by atoms with van der Waals surface area (Å²) in [5.74, 6) is -0.894. The topological polar surface area (TPSA) is 59.1 Å². The molecule has 0 spiro atoms. The molecule has 0 N–H and O–H groups in total. The van der Waals surface area contributed by atoms with Crippen molar-refractivity contribution in [2.75, 3.05) is 9.80 Å². The normalized spacial score (nSPS) is 11.8. The van der Waals surface area contributed by atoms with Gasteiger partial charge in [0.05, 0.1) is 0 Å². The van der Waals surface area contributed by atoms with E-state index < -0.39 is 11.9 Å². The Labute approximate surface area is 305 Å². The molecule has 6 aromatic carbocycles. The second-order valence-electron chi connectivity index (χ2n) is 12.2. The number of hydrogen-bond donors (Lipinski definition) is 0. The first-order chi connectivity index (χ1) is 25.3. The van der Waals surface area contributed by atoms with Gasteiger partial charge in [-0.1, -0.05) is 98.1 Å². The monoisotopic (exact) mass is 684 g/mol. The summed E-state index contributed by atoms with van der Waals surface area (Å²) in [6, 6.07) is 53.6. The van der Waals surface area contributed by atoms with E-state index in [4.69, 9.17) is 9.47 Å². The standard InChI is InChI=1S/C46H40N2O4/c1-5-45(49)51-33(3)35-17-25-41(26-18-35)47(39-13-9-7-10-14-39)43-29-21-37(22-30-43)38-23-31-44(32-24-38)48(40-15-11-8-12-16-40)42-27-19-36(20-28-42)34(4)52-46(50)6-2/h5-34H,1-2H2,3-4H3. The first-order valence-electron chi connectivity index (χ1n) is 17.1. The van der Waals surface area contributed by atoms with Crippen LogP contribution in [0.5, 0.6) is 0 Å². The van der Waals surface area contributed by atoms with Crippen LogP contribution < -0.4 is 9.80 Å². The van der Waals surface area contributed by atoms with Crippen LogP contribution in [0.15, 0.2) is 183 Å². The van der Waals surface area contributed by atoms with E-state index in [-0.39, 0.29) is 12.2 Å². The Balaban J connectivity index is 1.25. The Morgan fingerprint density at radius 3 is 1.00 bits per heavy atom. The Kier molecular flexibility index (Phi) is 11.1. The van der Waals surface area contributed by atoms with Crippen LogP contribution in [0.4, 0.5) is 34.1 Å². The predicted octanol–water partition coefficient (Wildman–Crippen LogP) is 11.9. The van der Waals surface area contributed by atoms with Crippen molar-refractivity contribution in [2.45, 2.75) is 26.1 Å². The zero-order valence-corrected chi connectivity index (χ0v) is 29.3. The van der Waals surface area contributed by atoms with E-state index in [1.807, 2.05) is 98.8 Å². The molecule has 0 amide bonds. The smallest absolute Gasteiger partial charge is 0.330 e. The summed E-state index contributed by atoms with van der Waals surface area (Å²) >= 11 is 0. The maximum Gasteiger partial charge on any atom is 0.330 e. The summed E-state index contributed by atoms with van der Waals surface area (Å²) in [4.78, 5) is 27.9. The maximum atomic E-state index is 11.7. The van der Waals surface area contributed by atoms with Crippen LogP contribution in [0.2, 0.25) is 0 Å². The molecule has 2 atom stereocenters. The van der Waals surface area contributed by atoms with E-state index in [2.05, 4.69) is 95.8 Å². The highest BCUT2D eigenvalue weighted by atomic mass is 16.5. The van der Waals surface area contributed by atoms with Gasteiger partial charge >= 0.3 is 11.9 Å². The van der Waals surface area contributed by atoms with Crippen LogP contribution in [0.3, 0.4) is 0 Å². The number of anilines is 6. The maximum absolute atomic E-state index is 11.7. The average molecular weight is 685 g/mol. The summed E-state index contributed by atoms with van der Waals surface area (Å²) < 4.78 is 10.8. The molecule has 0 aliphatic heterocycles. The molecule has 0 bridgehead atoms. The largest absolute Gasteiger partial charge is 0.455 e. The van der Waals surface area contributed by atoms with Gasteiger partial charge in [0.15, 0.2) is 0 Å². The zero-order valence-electron chi connectivity index (χ0n) is 29.3. The van der Waals surface area contributed by atoms with Gasteiger partial charge in [0.2, 0.25) is 0 Å². The van der Waals surface area contributed by atoms with Crippen molar-refractivity contribution in [3.63, 3.8) is 0 Å². The van der Waals surface area contributed by atoms with E-state index in [0.29, 0.717) is 0 Å². The van der Waals surface area contributed by atoms with E-state index >= 15 is 0 Å². The molecule has 0 aromatic heterocycles. The number of para-hydroxylation sites is 2. The van der Waals surface area contributed by atoms with E-state index in [1.54, 1.807) is 0 Å². The highest BCUT2D eigenvalue weighted by molar-refractivity contribution is 5.83. The number of carbonyl (C=O) groups is 2. The summed E-state index contributed by atoms with van der Waals surface area (Å²) in [7, 11) is 0. The van der Waals surface area contributed by atoms with Crippen molar-refractivity contribution in [1.29, 1.82) is 0 Å². The quantitative estimate of drug-likeness (QED) is 0.0891. The minimum atomic E-state index is -0.447. The number of esters is 2. The third-order valence-electron chi connectivity index (χ3n) is 8.77. The first kappa shape index (κ1) is 35.2. The molecule has 52 heavy (non-hydrogen) atoms. The van der Waals surface area contributed by atoms with Crippen LogP contribution in [0, 0.1) is 0 Å². The second kappa shape index (κ2) is 16.4. The lowest BCUT2D eigenvalue weighted by molar-refractivity contribution is -0.143. The van der Waals surface area contributed by atoms with E-state index in [9.17, 15) is 9.59 Å². The number of ether oxygens (including phenoxy) is 2. The van der Waals surface area contributed by atoms with Crippen LogP contribution in [0.1, 0.15) is 37.2 Å². The van der Waals surface area contributed by atoms with Crippen LogP contribution in [-0.2, 0) is 19.1 Å². The van der Waals surface area contributed by atoms with Crippen molar-refractivity contribution in [1.82, 2.24) is 0 Å². The molecule has 0 aliphatic carbocycles. The van der Waals surface area contributed by atoms with Gasteiger partial charge in [-0.3, -0.25) is 0 Å². The van der Waals surface area contributed by atoms with E-state index in [1.165, 1.54) is 12.2 Å². The summed E-state index contributed by atoms with van der Waals surface area (Å²) in [5.41, 5.74) is 10.0. The second-order valence-corrected chi connectivity index (χ2v) is 12.2. The zero-order chi connectivity index (χ0) is 36.5. The highest BCUT2D eigenvalue weighted by Gasteiger charge is 2.17. The molecular weight excluding hydrogens is 645 g/mol. The number of rotatable bonds is 13. The molecule has 0 saturated heterocycles. The summed E-state index contributed by atoms with van der Waals surface area (Å²) in [6.07, 6.45) is 1.57. The number of nitrogens with zero attached hydrogens (tertiary/aromatic N) is 2. The fourth-order valence-electron chi connectivity index (χ4n) is 6.02. The highest BCUT2D eigenvalue weighted by Crippen LogP contribution is 2.38. The lowest BCUT2D eigenvalue weighted by atomic mass is 10.0. The van der Waals surface area contributed by atoms with Crippen molar-refractivity contribution in [3.8, 4) is 11.1 Å². The molecular formula is C46H40N2O4. The van der Waals surface area contributed by atoms with Crippen LogP contribution in [0.25, 0.3) is 11.1 Å². The Morgan fingerprint density at radius 2 is 0.712 bits per heavy atom. The van der Waals surface area contributed by atoms with Gasteiger partial charge in [-0.25, -0.2) is 9.59 Å². The molecule has 6 aromatic rings. The van der Waals surface area contributed by atoms with Gasteiger partial charge in [0.25, 0.3) is 0 Å². The number of hydrogen-bond acceptors (Lipinski definition) is 6. The van der Waals surface area contributed by atoms with Gasteiger partial charge in [-0.05, 0) is 109 Å². The molecule has 0 aliphatic rings. The minimum absolute atomic E-state index is 0.389. The average Bonchev–Trinajstić information content (AvgIpc) is 3.20. The molecule has 0 fully saturated rings. The van der Waals surface area contributed by atoms with Gasteiger partial charge in [-0.15, -0.1) is 0 Å². The SMILES string of the molecule is C=CC(=O)OC(C)c1ccc(N(c2ccccc2)c2ccc(-c3ccc(N(c4ccccc4)c4ccc(C(C)OC(=O)C=C)cc4)cc3)cc2)cc1. The Morgan fingerprint density at radius 1 is 0.442 bits per heavy atom. The van der Waals surface area contributed by atoms with E-state index in [0.717, 1.165) is 56.4 Å². The van der Waals surface area contributed by atoms with Gasteiger partial charge in [0, 0.05) is 46.3 Å². The minimum Gasteiger partial charge on any atom is -0.455 e. The number of carbonyl (C=O) groups excluding carboxylic acids is 2. The lowest BCUT2D eigenvalue weighted by Gasteiger charge is -2.26. The van der Waals surface area contributed by atoms with Gasteiger partial charge in [-0.2, -0.15) is 0 Å². The summed E-state index contributed by atoms with van der Waals surface area (Å²) in [5, 5.41) is 0. The van der Waals surface area contributed by atoms with Crippen LogP contribution in [-0.4, -0.2) is 11.9 Å². The predicted molar refractivity (Wildman–Crippen MR) is 211 cm³/mol. The molecule has 0 saturated carbocycles. The first-order valence-corrected chi connectivity index (χ1v) is 17.1.